The Kier molecular flexibility index (Phi) is 5.12. The van der Waals surface area contributed by atoms with Crippen LogP contribution in [0.2, 0.25) is 0 Å². The monoisotopic (exact) mass is 282 g/mol. The first kappa shape index (κ1) is 15.3. The molecule has 110 valence electrons. The zero-order chi connectivity index (χ0) is 15.2. The maximum atomic E-state index is 12.2. The Hall–Kier alpha value is -2.13. The number of benzene rings is 2. The number of rotatable bonds is 5. The van der Waals surface area contributed by atoms with Gasteiger partial charge in [-0.2, -0.15) is 0 Å². The Morgan fingerprint density at radius 2 is 1.71 bits per heavy atom. The molecule has 0 saturated heterocycles. The largest absolute Gasteiger partial charge is 0.325 e. The minimum absolute atomic E-state index is 0.0271. The predicted octanol–water partition coefficient (Wildman–Crippen LogP) is 3.67. The molecule has 0 saturated carbocycles. The minimum Gasteiger partial charge on any atom is -0.325 e. The van der Waals surface area contributed by atoms with E-state index in [0.717, 1.165) is 5.69 Å². The molecule has 0 heterocycles. The molecule has 2 aromatic rings. The molecule has 1 unspecified atom stereocenters. The van der Waals surface area contributed by atoms with E-state index in [9.17, 15) is 4.79 Å². The molecule has 0 aromatic heterocycles. The highest BCUT2D eigenvalue weighted by atomic mass is 16.2. The van der Waals surface area contributed by atoms with E-state index in [1.165, 1.54) is 11.1 Å². The molecule has 3 heteroatoms. The first-order chi connectivity index (χ1) is 10.1. The molecule has 21 heavy (non-hydrogen) atoms. The molecular weight excluding hydrogens is 260 g/mol. The number of nitrogens with one attached hydrogen (secondary N) is 2. The Labute approximate surface area is 126 Å². The van der Waals surface area contributed by atoms with Gasteiger partial charge in [0.2, 0.25) is 5.91 Å². The van der Waals surface area contributed by atoms with E-state index in [-0.39, 0.29) is 18.0 Å². The molecule has 2 N–H and O–H groups in total. The van der Waals surface area contributed by atoms with Crippen molar-refractivity contribution in [3.63, 3.8) is 0 Å². The minimum atomic E-state index is -0.263. The smallest absolute Gasteiger partial charge is 0.241 e. The number of carbonyl (C=O) groups excluding carboxylic acids is 1. The fraction of sp³-hybridized carbons (Fsp3) is 0.278. The van der Waals surface area contributed by atoms with Crippen LogP contribution in [0.15, 0.2) is 54.6 Å². The van der Waals surface area contributed by atoms with Gasteiger partial charge in [-0.1, -0.05) is 48.0 Å². The molecule has 2 atom stereocenters. The predicted molar refractivity (Wildman–Crippen MR) is 87.3 cm³/mol. The molecule has 0 radical (unpaired) electrons. The first-order valence-corrected chi connectivity index (χ1v) is 7.25. The lowest BCUT2D eigenvalue weighted by Crippen LogP contribution is -2.39. The SMILES string of the molecule is Cc1cccc([C@@H](C)NC(C)C(=O)Nc2ccccc2)c1. The second-order valence-corrected chi connectivity index (χ2v) is 5.38. The van der Waals surface area contributed by atoms with Gasteiger partial charge in [0.25, 0.3) is 0 Å². The van der Waals surface area contributed by atoms with Crippen LogP contribution in [-0.2, 0) is 4.79 Å². The second-order valence-electron chi connectivity index (χ2n) is 5.38. The summed E-state index contributed by atoms with van der Waals surface area (Å²) in [6.07, 6.45) is 0. The summed E-state index contributed by atoms with van der Waals surface area (Å²) in [5.74, 6) is -0.0271. The summed E-state index contributed by atoms with van der Waals surface area (Å²) in [6, 6.07) is 17.7. The van der Waals surface area contributed by atoms with Crippen LogP contribution in [0.3, 0.4) is 0 Å². The van der Waals surface area contributed by atoms with Crippen LogP contribution < -0.4 is 10.6 Å². The summed E-state index contributed by atoms with van der Waals surface area (Å²) in [5, 5.41) is 6.24. The summed E-state index contributed by atoms with van der Waals surface area (Å²) in [5.41, 5.74) is 3.23. The van der Waals surface area contributed by atoms with Gasteiger partial charge in [-0.25, -0.2) is 0 Å². The van der Waals surface area contributed by atoms with Crippen molar-refractivity contribution >= 4 is 11.6 Å². The lowest BCUT2D eigenvalue weighted by Gasteiger charge is -2.20. The Balaban J connectivity index is 1.94. The molecule has 0 aliphatic heterocycles. The van der Waals surface area contributed by atoms with Crippen LogP contribution in [0.1, 0.15) is 31.0 Å². The molecular formula is C18H22N2O. The third-order valence-corrected chi connectivity index (χ3v) is 3.48. The lowest BCUT2D eigenvalue weighted by atomic mass is 10.1. The van der Waals surface area contributed by atoms with Gasteiger partial charge in [0, 0.05) is 11.7 Å². The molecule has 0 bridgehead atoms. The van der Waals surface area contributed by atoms with Crippen molar-refractivity contribution < 1.29 is 4.79 Å². The van der Waals surface area contributed by atoms with E-state index < -0.39 is 0 Å². The number of hydrogen-bond donors (Lipinski definition) is 2. The van der Waals surface area contributed by atoms with Crippen molar-refractivity contribution in [1.29, 1.82) is 0 Å². The highest BCUT2D eigenvalue weighted by Gasteiger charge is 2.16. The number of carbonyl (C=O) groups is 1. The summed E-state index contributed by atoms with van der Waals surface area (Å²) in [4.78, 5) is 12.2. The average Bonchev–Trinajstić information content (AvgIpc) is 2.48. The highest BCUT2D eigenvalue weighted by Crippen LogP contribution is 2.15. The van der Waals surface area contributed by atoms with Crippen LogP contribution >= 0.6 is 0 Å². The zero-order valence-corrected chi connectivity index (χ0v) is 12.8. The van der Waals surface area contributed by atoms with Crippen molar-refractivity contribution in [1.82, 2.24) is 5.32 Å². The van der Waals surface area contributed by atoms with E-state index in [0.29, 0.717) is 0 Å². The molecule has 0 spiro atoms. The van der Waals surface area contributed by atoms with Gasteiger partial charge >= 0.3 is 0 Å². The van der Waals surface area contributed by atoms with Gasteiger partial charge in [0.1, 0.15) is 0 Å². The van der Waals surface area contributed by atoms with E-state index in [2.05, 4.69) is 42.7 Å². The average molecular weight is 282 g/mol. The van der Waals surface area contributed by atoms with Gasteiger partial charge in [-0.05, 0) is 38.5 Å². The van der Waals surface area contributed by atoms with Gasteiger partial charge in [0.05, 0.1) is 6.04 Å². The number of hydrogen-bond acceptors (Lipinski definition) is 2. The van der Waals surface area contributed by atoms with Crippen LogP contribution in [0.25, 0.3) is 0 Å². The Bertz CT molecular complexity index is 595. The standard InChI is InChI=1S/C18H22N2O/c1-13-8-7-9-16(12-13)14(2)19-15(3)18(21)20-17-10-5-4-6-11-17/h4-12,14-15,19H,1-3H3,(H,20,21)/t14-,15?/m1/s1. The summed E-state index contributed by atoms with van der Waals surface area (Å²) in [6.45, 7) is 6.02. The topological polar surface area (TPSA) is 41.1 Å². The highest BCUT2D eigenvalue weighted by molar-refractivity contribution is 5.94. The Morgan fingerprint density at radius 3 is 2.38 bits per heavy atom. The second kappa shape index (κ2) is 7.04. The van der Waals surface area contributed by atoms with Crippen LogP contribution in [0.4, 0.5) is 5.69 Å². The van der Waals surface area contributed by atoms with E-state index in [1.54, 1.807) is 0 Å². The van der Waals surface area contributed by atoms with Gasteiger partial charge < -0.3 is 5.32 Å². The molecule has 0 aliphatic rings. The fourth-order valence-electron chi connectivity index (χ4n) is 2.26. The van der Waals surface area contributed by atoms with Crippen molar-refractivity contribution in [2.45, 2.75) is 32.9 Å². The van der Waals surface area contributed by atoms with Crippen LogP contribution in [0.5, 0.6) is 0 Å². The summed E-state index contributed by atoms with van der Waals surface area (Å²) in [7, 11) is 0. The maximum absolute atomic E-state index is 12.2. The lowest BCUT2D eigenvalue weighted by molar-refractivity contribution is -0.117. The molecule has 1 amide bonds. The number of amides is 1. The van der Waals surface area contributed by atoms with Gasteiger partial charge in [-0.15, -0.1) is 0 Å². The number of para-hydroxylation sites is 1. The normalized spacial score (nSPS) is 13.5. The van der Waals surface area contributed by atoms with Crippen molar-refractivity contribution in [3.8, 4) is 0 Å². The third kappa shape index (κ3) is 4.43. The van der Waals surface area contributed by atoms with Gasteiger partial charge in [-0.3, -0.25) is 10.1 Å². The quantitative estimate of drug-likeness (QED) is 0.878. The summed E-state index contributed by atoms with van der Waals surface area (Å²) < 4.78 is 0. The first-order valence-electron chi connectivity index (χ1n) is 7.25. The van der Waals surface area contributed by atoms with Crippen molar-refractivity contribution in [2.75, 3.05) is 5.32 Å². The number of aryl methyl sites for hydroxylation is 1. The van der Waals surface area contributed by atoms with E-state index >= 15 is 0 Å². The van der Waals surface area contributed by atoms with Crippen LogP contribution in [0, 0.1) is 6.92 Å². The maximum Gasteiger partial charge on any atom is 0.241 e. The van der Waals surface area contributed by atoms with Crippen molar-refractivity contribution in [2.24, 2.45) is 0 Å². The zero-order valence-electron chi connectivity index (χ0n) is 12.8. The van der Waals surface area contributed by atoms with E-state index in [1.807, 2.05) is 43.3 Å². The molecule has 0 aliphatic carbocycles. The summed E-state index contributed by atoms with van der Waals surface area (Å²) >= 11 is 0. The molecule has 3 nitrogen and oxygen atoms in total. The molecule has 2 aromatic carbocycles. The Morgan fingerprint density at radius 1 is 1.00 bits per heavy atom. The van der Waals surface area contributed by atoms with Gasteiger partial charge in [0.15, 0.2) is 0 Å². The fourth-order valence-corrected chi connectivity index (χ4v) is 2.26. The molecule has 2 rings (SSSR count). The molecule has 0 fully saturated rings. The number of anilines is 1. The van der Waals surface area contributed by atoms with Crippen molar-refractivity contribution in [3.05, 3.63) is 65.7 Å². The third-order valence-electron chi connectivity index (χ3n) is 3.48. The van der Waals surface area contributed by atoms with Crippen LogP contribution in [-0.4, -0.2) is 11.9 Å². The van der Waals surface area contributed by atoms with E-state index in [4.69, 9.17) is 0 Å².